The lowest BCUT2D eigenvalue weighted by Crippen LogP contribution is -2.24. The van der Waals surface area contributed by atoms with Crippen molar-refractivity contribution < 1.29 is 23.8 Å². The van der Waals surface area contributed by atoms with Crippen LogP contribution in [-0.4, -0.2) is 42.5 Å². The second kappa shape index (κ2) is 9.78. The Kier molecular flexibility index (Phi) is 6.65. The molecule has 2 heterocycles. The molecule has 2 aromatic carbocycles. The number of nitrogens with one attached hydrogen (secondary N) is 2. The van der Waals surface area contributed by atoms with E-state index < -0.39 is 5.25 Å². The van der Waals surface area contributed by atoms with Gasteiger partial charge in [0.15, 0.2) is 11.5 Å². The second-order valence-electron chi connectivity index (χ2n) is 7.12. The molecule has 8 nitrogen and oxygen atoms in total. The van der Waals surface area contributed by atoms with Crippen LogP contribution in [0.3, 0.4) is 0 Å². The Morgan fingerprint density at radius 3 is 2.78 bits per heavy atom. The van der Waals surface area contributed by atoms with Crippen molar-refractivity contribution in [3.05, 3.63) is 54.2 Å². The van der Waals surface area contributed by atoms with Crippen LogP contribution in [0.5, 0.6) is 11.5 Å². The van der Waals surface area contributed by atoms with E-state index in [-0.39, 0.29) is 18.3 Å². The van der Waals surface area contributed by atoms with Gasteiger partial charge in [-0.05, 0) is 37.3 Å². The van der Waals surface area contributed by atoms with Crippen LogP contribution in [0.1, 0.15) is 13.3 Å². The third kappa shape index (κ3) is 5.23. The standard InChI is InChI=1S/C23H23N3O5S/c1-14(23(28)25-15-7-8-19-20(11-15)31-10-9-30-19)32-21-12-16(13-22(27)29-2)24-17-5-3-4-6-18(17)26-21/h3-8,11-12,14,24H,9-10,13H2,1-2H3,(H,25,28)/t14-/m1/s1. The molecular formula is C23H23N3O5S. The van der Waals surface area contributed by atoms with E-state index in [1.54, 1.807) is 31.2 Å². The summed E-state index contributed by atoms with van der Waals surface area (Å²) in [6, 6.07) is 12.8. The lowest BCUT2D eigenvalue weighted by atomic mass is 10.2. The molecule has 4 rings (SSSR count). The maximum absolute atomic E-state index is 12.8. The highest BCUT2D eigenvalue weighted by atomic mass is 32.2. The number of aliphatic imine (C=N–C) groups is 1. The Labute approximate surface area is 190 Å². The normalized spacial score (nSPS) is 15.2. The van der Waals surface area contributed by atoms with Crippen LogP contribution in [0.2, 0.25) is 0 Å². The van der Waals surface area contributed by atoms with Gasteiger partial charge in [-0.1, -0.05) is 23.9 Å². The Bertz CT molecular complexity index is 1100. The zero-order valence-corrected chi connectivity index (χ0v) is 18.5. The van der Waals surface area contributed by atoms with Crippen molar-refractivity contribution in [3.8, 4) is 11.5 Å². The third-order valence-corrected chi connectivity index (χ3v) is 5.78. The summed E-state index contributed by atoms with van der Waals surface area (Å²) in [6.45, 7) is 2.79. The highest BCUT2D eigenvalue weighted by molar-refractivity contribution is 8.15. The van der Waals surface area contributed by atoms with E-state index in [0.29, 0.717) is 41.1 Å². The molecule has 1 atom stereocenters. The molecule has 0 aliphatic carbocycles. The van der Waals surface area contributed by atoms with Gasteiger partial charge in [-0.2, -0.15) is 0 Å². The van der Waals surface area contributed by atoms with E-state index in [2.05, 4.69) is 15.6 Å². The summed E-state index contributed by atoms with van der Waals surface area (Å²) >= 11 is 1.31. The fourth-order valence-corrected chi connectivity index (χ4v) is 4.06. The molecule has 32 heavy (non-hydrogen) atoms. The molecule has 0 aromatic heterocycles. The quantitative estimate of drug-likeness (QED) is 0.657. The maximum Gasteiger partial charge on any atom is 0.311 e. The van der Waals surface area contributed by atoms with Gasteiger partial charge in [-0.25, -0.2) is 4.99 Å². The van der Waals surface area contributed by atoms with Crippen molar-refractivity contribution in [1.29, 1.82) is 0 Å². The monoisotopic (exact) mass is 453 g/mol. The summed E-state index contributed by atoms with van der Waals surface area (Å²) in [4.78, 5) is 29.3. The molecule has 0 radical (unpaired) electrons. The third-order valence-electron chi connectivity index (χ3n) is 4.77. The van der Waals surface area contributed by atoms with E-state index in [0.717, 1.165) is 11.4 Å². The fourth-order valence-electron chi connectivity index (χ4n) is 3.17. The largest absolute Gasteiger partial charge is 0.486 e. The summed E-state index contributed by atoms with van der Waals surface area (Å²) in [5, 5.41) is 6.31. The molecule has 2 aromatic rings. The molecule has 2 aliphatic heterocycles. The van der Waals surface area contributed by atoms with E-state index in [1.807, 2.05) is 24.3 Å². The first-order valence-electron chi connectivity index (χ1n) is 10.1. The topological polar surface area (TPSA) is 98.3 Å². The lowest BCUT2D eigenvalue weighted by Gasteiger charge is -2.19. The first-order valence-corrected chi connectivity index (χ1v) is 11.0. The van der Waals surface area contributed by atoms with Crippen LogP contribution in [0.25, 0.3) is 0 Å². The number of carbonyl (C=O) groups excluding carboxylic acids is 2. The number of nitrogens with zero attached hydrogens (tertiary/aromatic N) is 1. The van der Waals surface area contributed by atoms with Gasteiger partial charge < -0.3 is 24.8 Å². The van der Waals surface area contributed by atoms with Crippen LogP contribution in [0, 0.1) is 0 Å². The van der Waals surface area contributed by atoms with Gasteiger partial charge in [0.25, 0.3) is 0 Å². The van der Waals surface area contributed by atoms with Crippen LogP contribution >= 0.6 is 11.8 Å². The Balaban J connectivity index is 1.49. The minimum atomic E-state index is -0.442. The van der Waals surface area contributed by atoms with Crippen molar-refractivity contribution in [2.45, 2.75) is 18.6 Å². The number of para-hydroxylation sites is 2. The molecule has 0 spiro atoms. The molecule has 2 N–H and O–H groups in total. The van der Waals surface area contributed by atoms with Crippen LogP contribution < -0.4 is 20.1 Å². The molecule has 0 saturated carbocycles. The molecule has 9 heteroatoms. The van der Waals surface area contributed by atoms with Gasteiger partial charge in [0.2, 0.25) is 5.91 Å². The molecular weight excluding hydrogens is 430 g/mol. The van der Waals surface area contributed by atoms with Gasteiger partial charge >= 0.3 is 5.97 Å². The zero-order valence-electron chi connectivity index (χ0n) is 17.7. The van der Waals surface area contributed by atoms with E-state index in [1.165, 1.54) is 18.9 Å². The highest BCUT2D eigenvalue weighted by Gasteiger charge is 2.21. The average Bonchev–Trinajstić information content (AvgIpc) is 2.97. The van der Waals surface area contributed by atoms with Crippen molar-refractivity contribution >= 4 is 45.7 Å². The van der Waals surface area contributed by atoms with Crippen molar-refractivity contribution in [2.24, 2.45) is 4.99 Å². The number of methoxy groups -OCH3 is 1. The fraction of sp³-hybridized carbons (Fsp3) is 0.261. The molecule has 166 valence electrons. The predicted octanol–water partition coefficient (Wildman–Crippen LogP) is 4.12. The predicted molar refractivity (Wildman–Crippen MR) is 125 cm³/mol. The summed E-state index contributed by atoms with van der Waals surface area (Å²) in [7, 11) is 1.35. The van der Waals surface area contributed by atoms with Gasteiger partial charge in [-0.15, -0.1) is 0 Å². The maximum atomic E-state index is 12.8. The number of esters is 1. The molecule has 1 amide bonds. The van der Waals surface area contributed by atoms with Crippen LogP contribution in [0.4, 0.5) is 17.1 Å². The van der Waals surface area contributed by atoms with Crippen molar-refractivity contribution in [3.63, 3.8) is 0 Å². The summed E-state index contributed by atoms with van der Waals surface area (Å²) in [5.41, 5.74) is 2.79. The van der Waals surface area contributed by atoms with Crippen LogP contribution in [-0.2, 0) is 14.3 Å². The number of anilines is 2. The summed E-state index contributed by atoms with van der Waals surface area (Å²) in [6.07, 6.45) is 1.84. The number of fused-ring (bicyclic) bond motifs is 2. The lowest BCUT2D eigenvalue weighted by molar-refractivity contribution is -0.139. The van der Waals surface area contributed by atoms with Crippen LogP contribution in [0.15, 0.2) is 59.2 Å². The SMILES string of the molecule is COC(=O)CC1=CC(S[C@H](C)C(=O)Nc2ccc3c(c2)OCCO3)=Nc2ccccc2N1. The Hall–Kier alpha value is -3.46. The molecule has 0 bridgehead atoms. The Morgan fingerprint density at radius 1 is 1.19 bits per heavy atom. The number of carbonyl (C=O) groups is 2. The van der Waals surface area contributed by atoms with E-state index >= 15 is 0 Å². The number of hydrogen-bond acceptors (Lipinski definition) is 8. The second-order valence-corrected chi connectivity index (χ2v) is 8.48. The van der Waals surface area contributed by atoms with Gasteiger partial charge in [0, 0.05) is 17.5 Å². The number of benzene rings is 2. The van der Waals surface area contributed by atoms with Gasteiger partial charge in [0.1, 0.15) is 13.2 Å². The van der Waals surface area contributed by atoms with Gasteiger partial charge in [0.05, 0.1) is 35.2 Å². The molecule has 2 aliphatic rings. The number of thioether (sulfide) groups is 1. The van der Waals surface area contributed by atoms with Crippen molar-refractivity contribution in [1.82, 2.24) is 0 Å². The minimum Gasteiger partial charge on any atom is -0.486 e. The summed E-state index contributed by atoms with van der Waals surface area (Å²) < 4.78 is 15.9. The number of rotatable bonds is 5. The van der Waals surface area contributed by atoms with Gasteiger partial charge in [-0.3, -0.25) is 9.59 Å². The Morgan fingerprint density at radius 2 is 1.97 bits per heavy atom. The molecule has 0 unspecified atom stereocenters. The number of hydrogen-bond donors (Lipinski definition) is 2. The number of amides is 1. The molecule has 0 fully saturated rings. The number of ether oxygens (including phenoxy) is 3. The average molecular weight is 454 g/mol. The minimum absolute atomic E-state index is 0.0716. The highest BCUT2D eigenvalue weighted by Crippen LogP contribution is 2.34. The van der Waals surface area contributed by atoms with E-state index in [9.17, 15) is 9.59 Å². The molecule has 0 saturated heterocycles. The smallest absolute Gasteiger partial charge is 0.311 e. The first-order chi connectivity index (χ1) is 15.5. The zero-order chi connectivity index (χ0) is 22.5. The summed E-state index contributed by atoms with van der Waals surface area (Å²) in [5.74, 6) is 0.735. The van der Waals surface area contributed by atoms with Crippen molar-refractivity contribution in [2.75, 3.05) is 31.0 Å². The van der Waals surface area contributed by atoms with E-state index in [4.69, 9.17) is 14.2 Å². The first kappa shape index (κ1) is 21.8.